The van der Waals surface area contributed by atoms with Crippen molar-refractivity contribution in [3.05, 3.63) is 198 Å². The number of para-hydroxylation sites is 2. The molecule has 0 bridgehead atoms. The van der Waals surface area contributed by atoms with E-state index in [1.807, 2.05) is 83.4 Å². The van der Waals surface area contributed by atoms with E-state index in [0.29, 0.717) is 44.9 Å². The first-order valence-corrected chi connectivity index (χ1v) is 23.1. The fourth-order valence-electron chi connectivity index (χ4n) is 8.58. The molecule has 0 amide bonds. The Kier molecular flexibility index (Phi) is 12.0. The van der Waals surface area contributed by atoms with Crippen LogP contribution in [0.3, 0.4) is 0 Å². The van der Waals surface area contributed by atoms with Gasteiger partial charge in [0, 0.05) is 48.7 Å². The maximum Gasteiger partial charge on any atom is 0.121 e. The van der Waals surface area contributed by atoms with Crippen LogP contribution in [0.5, 0.6) is 0 Å². The molecule has 1 radical (unpaired) electrons. The SMILES string of the molecule is CC(C)(C)c1ccnc(-c2[c-]cc(F)cc2)c1.[2H]c1cc(C([2H])([2H])C(C)(C)C)cc([2H])c1-c1cc(C([2H])(C)C)c(-n2c(-c3[c-]ccc4c3oc3cc(-c5ccccc5)ccc34)nc3ccccc32)c(C([2H])(C)C)c1.[Ir]. The molecule has 0 atom stereocenters. The molecule has 351 valence electrons. The molecule has 3 heterocycles. The van der Waals surface area contributed by atoms with Crippen molar-refractivity contribution < 1.29 is 37.1 Å². The Morgan fingerprint density at radius 1 is 0.725 bits per heavy atom. The Labute approximate surface area is 429 Å². The number of nitrogens with zero attached hydrogens (tertiary/aromatic N) is 3. The van der Waals surface area contributed by atoms with E-state index in [2.05, 4.69) is 68.2 Å². The summed E-state index contributed by atoms with van der Waals surface area (Å²) in [5, 5.41) is 1.88. The molecule has 0 aliphatic heterocycles. The van der Waals surface area contributed by atoms with E-state index < -0.39 is 23.6 Å². The van der Waals surface area contributed by atoms with Crippen molar-refractivity contribution in [2.24, 2.45) is 5.41 Å². The average molecular weight is 1090 g/mol. The number of furan rings is 1. The number of hydrogen-bond acceptors (Lipinski definition) is 3. The standard InChI is InChI=1S/C48H45N2O.C15H15FN.Ir/c1-30(2)40-26-36(34-22-20-32(21-23-34)29-48(5,6)7)27-41(31(3)4)45(40)50-43-19-12-11-18-42(43)49-47(50)39-17-13-16-38-37-25-24-35(28-44(37)51-46(38)39)33-14-9-8-10-15-33;1-15(2,3)12-8-9-17-14(10-12)11-4-6-13(16)7-5-11;/h8-16,18-28,30-31H,29H2,1-7H3;4,6-10H,1-3H3;/q2*-1;/i22D,23D,29D2,30D,31D;;. The molecule has 0 fully saturated rings. The molecule has 7 aromatic carbocycles. The van der Waals surface area contributed by atoms with Gasteiger partial charge in [0.1, 0.15) is 5.58 Å². The number of halogens is 1. The van der Waals surface area contributed by atoms with Crippen LogP contribution in [0, 0.1) is 23.4 Å². The molecule has 0 saturated heterocycles. The Morgan fingerprint density at radius 2 is 1.42 bits per heavy atom. The van der Waals surface area contributed by atoms with Crippen molar-refractivity contribution in [3.63, 3.8) is 0 Å². The first-order valence-electron chi connectivity index (χ1n) is 26.1. The summed E-state index contributed by atoms with van der Waals surface area (Å²) in [7, 11) is 0. The van der Waals surface area contributed by atoms with Gasteiger partial charge in [0.25, 0.3) is 0 Å². The number of rotatable bonds is 8. The van der Waals surface area contributed by atoms with E-state index in [9.17, 15) is 7.13 Å². The predicted octanol–water partition coefficient (Wildman–Crippen LogP) is 17.5. The molecule has 0 N–H and O–H groups in total. The molecular formula is C63H60FIrN3O-2. The van der Waals surface area contributed by atoms with Crippen LogP contribution in [0.1, 0.15) is 112 Å². The number of imidazole rings is 1. The van der Waals surface area contributed by atoms with Gasteiger partial charge in [-0.05, 0) is 116 Å². The molecule has 4 nitrogen and oxygen atoms in total. The number of fused-ring (bicyclic) bond motifs is 4. The summed E-state index contributed by atoms with van der Waals surface area (Å²) in [6, 6.07) is 49.7. The summed E-state index contributed by atoms with van der Waals surface area (Å²) in [6.07, 6.45) is -0.000456. The van der Waals surface area contributed by atoms with E-state index in [0.717, 1.165) is 49.8 Å². The number of pyridine rings is 1. The van der Waals surface area contributed by atoms with Crippen LogP contribution < -0.4 is 0 Å². The molecule has 0 saturated carbocycles. The largest absolute Gasteiger partial charge is 0.501 e. The summed E-state index contributed by atoms with van der Waals surface area (Å²) in [6.45, 7) is 19.1. The van der Waals surface area contributed by atoms with E-state index in [-0.39, 0.29) is 49.0 Å². The van der Waals surface area contributed by atoms with Crippen LogP contribution in [-0.4, -0.2) is 14.5 Å². The first kappa shape index (κ1) is 41.5. The summed E-state index contributed by atoms with van der Waals surface area (Å²) in [5.74, 6) is -2.17. The van der Waals surface area contributed by atoms with Crippen LogP contribution in [-0.2, 0) is 31.9 Å². The maximum absolute atomic E-state index is 12.8. The fraction of sp³-hybridized carbons (Fsp3) is 0.238. The van der Waals surface area contributed by atoms with Gasteiger partial charge in [0.2, 0.25) is 0 Å². The fourth-order valence-corrected chi connectivity index (χ4v) is 8.58. The second-order valence-electron chi connectivity index (χ2n) is 19.8. The average Bonchev–Trinajstić information content (AvgIpc) is 3.92. The van der Waals surface area contributed by atoms with Gasteiger partial charge in [0.15, 0.2) is 0 Å². The van der Waals surface area contributed by atoms with Crippen molar-refractivity contribution in [1.82, 2.24) is 14.5 Å². The van der Waals surface area contributed by atoms with Crippen molar-refractivity contribution in [2.45, 2.75) is 92.8 Å². The molecule has 0 unspecified atom stereocenters. The van der Waals surface area contributed by atoms with Crippen molar-refractivity contribution in [2.75, 3.05) is 0 Å². The maximum atomic E-state index is 12.8. The van der Waals surface area contributed by atoms with Gasteiger partial charge < -0.3 is 14.0 Å². The minimum atomic E-state index is -1.79. The Hall–Kier alpha value is -6.46. The molecule has 10 aromatic rings. The first-order chi connectivity index (χ1) is 34.7. The van der Waals surface area contributed by atoms with E-state index in [1.54, 1.807) is 60.7 Å². The van der Waals surface area contributed by atoms with Gasteiger partial charge in [-0.15, -0.1) is 48.0 Å². The zero-order valence-corrected chi connectivity index (χ0v) is 43.2. The van der Waals surface area contributed by atoms with Crippen LogP contribution in [0.15, 0.2) is 162 Å². The second kappa shape index (κ2) is 19.9. The smallest absolute Gasteiger partial charge is 0.121 e. The minimum absolute atomic E-state index is 0. The van der Waals surface area contributed by atoms with E-state index in [4.69, 9.17) is 14.9 Å². The molecule has 0 aliphatic carbocycles. The third kappa shape index (κ3) is 10.4. The van der Waals surface area contributed by atoms with E-state index in [1.165, 1.54) is 29.8 Å². The number of aromatic nitrogens is 3. The Morgan fingerprint density at radius 3 is 2.07 bits per heavy atom. The quantitative estimate of drug-likeness (QED) is 0.142. The predicted molar refractivity (Wildman–Crippen MR) is 282 cm³/mol. The summed E-state index contributed by atoms with van der Waals surface area (Å²) >= 11 is 0. The minimum Gasteiger partial charge on any atom is -0.501 e. The van der Waals surface area contributed by atoms with Crippen molar-refractivity contribution in [1.29, 1.82) is 0 Å². The third-order valence-electron chi connectivity index (χ3n) is 12.0. The Balaban J connectivity index is 0.000000352. The van der Waals surface area contributed by atoms with Crippen LogP contribution >= 0.6 is 0 Å². The van der Waals surface area contributed by atoms with Gasteiger partial charge in [-0.3, -0.25) is 9.37 Å². The summed E-state index contributed by atoms with van der Waals surface area (Å²) < 4.78 is 76.7. The molecule has 69 heavy (non-hydrogen) atoms. The molecule has 3 aromatic heterocycles. The molecule has 10 rings (SSSR count). The van der Waals surface area contributed by atoms with Gasteiger partial charge in [-0.25, -0.2) is 0 Å². The van der Waals surface area contributed by atoms with Crippen LogP contribution in [0.2, 0.25) is 0 Å². The summed E-state index contributed by atoms with van der Waals surface area (Å²) in [4.78, 5) is 9.51. The summed E-state index contributed by atoms with van der Waals surface area (Å²) in [5.41, 5.74) is 10.7. The topological polar surface area (TPSA) is 43.9 Å². The monoisotopic (exact) mass is 1090 g/mol. The molecule has 0 spiro atoms. The van der Waals surface area contributed by atoms with Crippen LogP contribution in [0.25, 0.3) is 83.6 Å². The third-order valence-corrected chi connectivity index (χ3v) is 12.0. The molecule has 6 heteroatoms. The molecular weight excluding hydrogens is 1030 g/mol. The van der Waals surface area contributed by atoms with E-state index >= 15 is 0 Å². The van der Waals surface area contributed by atoms with Crippen LogP contribution in [0.4, 0.5) is 4.39 Å². The van der Waals surface area contributed by atoms with Crippen molar-refractivity contribution in [3.8, 4) is 50.6 Å². The normalized spacial score (nSPS) is 13.7. The zero-order valence-electron chi connectivity index (χ0n) is 46.8. The second-order valence-corrected chi connectivity index (χ2v) is 19.8. The van der Waals surface area contributed by atoms with Crippen molar-refractivity contribution >= 4 is 33.0 Å². The number of benzene rings is 7. The number of hydrogen-bond donors (Lipinski definition) is 0. The van der Waals surface area contributed by atoms with Gasteiger partial charge in [-0.2, -0.15) is 0 Å². The van der Waals surface area contributed by atoms with Gasteiger partial charge in [-0.1, -0.05) is 165 Å². The van der Waals surface area contributed by atoms with Gasteiger partial charge >= 0.3 is 0 Å². The molecule has 0 aliphatic rings. The van der Waals surface area contributed by atoms with Gasteiger partial charge in [0.05, 0.1) is 25.2 Å². The zero-order chi connectivity index (χ0) is 53.3. The Bertz CT molecular complexity index is 3670.